The van der Waals surface area contributed by atoms with Crippen LogP contribution in [0, 0.1) is 0 Å². The Kier molecular flexibility index (Phi) is 6.16. The van der Waals surface area contributed by atoms with Gasteiger partial charge in [-0.15, -0.1) is 11.3 Å². The molecule has 11 aromatic rings. The van der Waals surface area contributed by atoms with Crippen LogP contribution in [0.2, 0.25) is 0 Å². The summed E-state index contributed by atoms with van der Waals surface area (Å²) >= 11 is 1.85. The summed E-state index contributed by atoms with van der Waals surface area (Å²) in [6, 6.07) is 63.8. The molecular formula is C48H29NOS. The molecule has 51 heavy (non-hydrogen) atoms. The highest BCUT2D eigenvalue weighted by Crippen LogP contribution is 2.48. The molecule has 0 bridgehead atoms. The van der Waals surface area contributed by atoms with E-state index in [1.165, 1.54) is 58.1 Å². The molecule has 9 aromatic carbocycles. The minimum absolute atomic E-state index is 0.880. The first kappa shape index (κ1) is 28.4. The van der Waals surface area contributed by atoms with E-state index in [4.69, 9.17) is 4.42 Å². The van der Waals surface area contributed by atoms with Crippen molar-refractivity contribution in [2.45, 2.75) is 0 Å². The Labute approximate surface area is 298 Å². The molecule has 3 heteroatoms. The Morgan fingerprint density at radius 3 is 1.90 bits per heavy atom. The lowest BCUT2D eigenvalue weighted by atomic mass is 9.95. The van der Waals surface area contributed by atoms with E-state index in [0.29, 0.717) is 0 Å². The number of thiophene rings is 1. The monoisotopic (exact) mass is 667 g/mol. The van der Waals surface area contributed by atoms with Crippen LogP contribution in [-0.4, -0.2) is 0 Å². The van der Waals surface area contributed by atoms with Gasteiger partial charge >= 0.3 is 0 Å². The maximum atomic E-state index is 6.86. The molecule has 0 unspecified atom stereocenters. The van der Waals surface area contributed by atoms with Crippen LogP contribution in [0.3, 0.4) is 0 Å². The summed E-state index contributed by atoms with van der Waals surface area (Å²) in [5.74, 6) is 0. The van der Waals surface area contributed by atoms with Gasteiger partial charge in [-0.2, -0.15) is 0 Å². The largest absolute Gasteiger partial charge is 0.455 e. The van der Waals surface area contributed by atoms with Gasteiger partial charge in [-0.3, -0.25) is 0 Å². The number of fused-ring (bicyclic) bond motifs is 10. The molecule has 0 aliphatic heterocycles. The van der Waals surface area contributed by atoms with Crippen LogP contribution in [0.4, 0.5) is 17.1 Å². The lowest BCUT2D eigenvalue weighted by Crippen LogP contribution is -2.10. The summed E-state index contributed by atoms with van der Waals surface area (Å²) in [5.41, 5.74) is 7.32. The van der Waals surface area contributed by atoms with Crippen molar-refractivity contribution in [2.75, 3.05) is 4.90 Å². The zero-order valence-electron chi connectivity index (χ0n) is 27.5. The number of para-hydroxylation sites is 1. The lowest BCUT2D eigenvalue weighted by Gasteiger charge is -2.27. The first-order valence-corrected chi connectivity index (χ1v) is 18.2. The average molecular weight is 668 g/mol. The minimum Gasteiger partial charge on any atom is -0.455 e. The van der Waals surface area contributed by atoms with Crippen molar-refractivity contribution in [3.8, 4) is 11.1 Å². The zero-order chi connectivity index (χ0) is 33.5. The molecular weight excluding hydrogens is 639 g/mol. The third kappa shape index (κ3) is 4.35. The van der Waals surface area contributed by atoms with Crippen LogP contribution in [0.5, 0.6) is 0 Å². The number of rotatable bonds is 4. The van der Waals surface area contributed by atoms with Crippen molar-refractivity contribution in [1.82, 2.24) is 0 Å². The number of hydrogen-bond acceptors (Lipinski definition) is 3. The van der Waals surface area contributed by atoms with Crippen molar-refractivity contribution < 1.29 is 4.42 Å². The Morgan fingerprint density at radius 1 is 0.392 bits per heavy atom. The van der Waals surface area contributed by atoms with E-state index in [2.05, 4.69) is 181 Å². The first-order valence-electron chi connectivity index (χ1n) is 17.3. The molecule has 0 radical (unpaired) electrons. The topological polar surface area (TPSA) is 16.4 Å². The lowest BCUT2D eigenvalue weighted by molar-refractivity contribution is 0.670. The van der Waals surface area contributed by atoms with E-state index >= 15 is 0 Å². The van der Waals surface area contributed by atoms with Crippen LogP contribution in [-0.2, 0) is 0 Å². The molecule has 0 saturated carbocycles. The third-order valence-corrected chi connectivity index (χ3v) is 11.6. The normalized spacial score (nSPS) is 11.9. The van der Waals surface area contributed by atoms with Gasteiger partial charge in [-0.25, -0.2) is 0 Å². The number of hydrogen-bond donors (Lipinski definition) is 0. The van der Waals surface area contributed by atoms with E-state index in [0.717, 1.165) is 44.6 Å². The molecule has 11 rings (SSSR count). The average Bonchev–Trinajstić information content (AvgIpc) is 3.77. The zero-order valence-corrected chi connectivity index (χ0v) is 28.3. The molecule has 2 aromatic heterocycles. The Balaban J connectivity index is 1.23. The van der Waals surface area contributed by atoms with Crippen LogP contribution in [0.15, 0.2) is 180 Å². The van der Waals surface area contributed by atoms with E-state index in [1.54, 1.807) is 0 Å². The predicted octanol–water partition coefficient (Wildman–Crippen LogP) is 14.6. The Morgan fingerprint density at radius 2 is 1.02 bits per heavy atom. The Bertz CT molecular complexity index is 3160. The predicted molar refractivity (Wildman–Crippen MR) is 219 cm³/mol. The van der Waals surface area contributed by atoms with E-state index in [1.807, 2.05) is 11.3 Å². The summed E-state index contributed by atoms with van der Waals surface area (Å²) in [5, 5.41) is 12.2. The van der Waals surface area contributed by atoms with Gasteiger partial charge in [0.25, 0.3) is 0 Å². The molecule has 238 valence electrons. The van der Waals surface area contributed by atoms with Crippen molar-refractivity contribution in [1.29, 1.82) is 0 Å². The molecule has 0 aliphatic carbocycles. The van der Waals surface area contributed by atoms with Gasteiger partial charge in [0.05, 0.1) is 11.1 Å². The van der Waals surface area contributed by atoms with Crippen LogP contribution in [0.1, 0.15) is 0 Å². The van der Waals surface area contributed by atoms with E-state index in [-0.39, 0.29) is 0 Å². The van der Waals surface area contributed by atoms with Gasteiger partial charge in [0.15, 0.2) is 0 Å². The molecule has 0 atom stereocenters. The van der Waals surface area contributed by atoms with Gasteiger partial charge in [-0.05, 0) is 86.4 Å². The summed E-state index contributed by atoms with van der Waals surface area (Å²) in [4.78, 5) is 2.43. The fraction of sp³-hybridized carbons (Fsp3) is 0. The van der Waals surface area contributed by atoms with Gasteiger partial charge in [-0.1, -0.05) is 127 Å². The molecule has 0 saturated heterocycles. The first-order chi connectivity index (χ1) is 25.3. The quantitative estimate of drug-likeness (QED) is 0.174. The smallest absolute Gasteiger partial charge is 0.145 e. The van der Waals surface area contributed by atoms with Crippen molar-refractivity contribution in [2.24, 2.45) is 0 Å². The number of anilines is 3. The number of benzene rings is 9. The maximum Gasteiger partial charge on any atom is 0.145 e. The van der Waals surface area contributed by atoms with Crippen molar-refractivity contribution >= 4 is 103 Å². The van der Waals surface area contributed by atoms with E-state index in [9.17, 15) is 0 Å². The van der Waals surface area contributed by atoms with Crippen molar-refractivity contribution in [3.05, 3.63) is 176 Å². The fourth-order valence-corrected chi connectivity index (χ4v) is 9.22. The minimum atomic E-state index is 0.880. The Hall–Kier alpha value is -6.42. The second kappa shape index (κ2) is 11.0. The fourth-order valence-electron chi connectivity index (χ4n) is 8.08. The molecule has 0 N–H and O–H groups in total. The summed E-state index contributed by atoms with van der Waals surface area (Å²) in [6.07, 6.45) is 0. The molecule has 2 nitrogen and oxygen atoms in total. The molecule has 2 heterocycles. The summed E-state index contributed by atoms with van der Waals surface area (Å²) in [6.45, 7) is 0. The maximum absolute atomic E-state index is 6.86. The van der Waals surface area contributed by atoms with Crippen LogP contribution in [0.25, 0.3) is 85.6 Å². The molecule has 0 fully saturated rings. The highest BCUT2D eigenvalue weighted by atomic mass is 32.1. The SMILES string of the molecule is c1ccc2c(-c3ccc(N(c4ccc5c(c4)sc4ccccc45)c4ccc5ccc6ccccc6c5c4)c4c3oc3ccccc34)cccc2c1. The molecule has 0 aliphatic rings. The van der Waals surface area contributed by atoms with Crippen LogP contribution >= 0.6 is 11.3 Å². The molecule has 0 spiro atoms. The highest BCUT2D eigenvalue weighted by Gasteiger charge is 2.23. The number of nitrogens with zero attached hydrogens (tertiary/aromatic N) is 1. The van der Waals surface area contributed by atoms with Gasteiger partial charge in [0.2, 0.25) is 0 Å². The van der Waals surface area contributed by atoms with Gasteiger partial charge < -0.3 is 9.32 Å². The summed E-state index contributed by atoms with van der Waals surface area (Å²) < 4.78 is 9.43. The van der Waals surface area contributed by atoms with Gasteiger partial charge in [0.1, 0.15) is 11.2 Å². The second-order valence-corrected chi connectivity index (χ2v) is 14.4. The second-order valence-electron chi connectivity index (χ2n) is 13.3. The number of furan rings is 1. The summed E-state index contributed by atoms with van der Waals surface area (Å²) in [7, 11) is 0. The van der Waals surface area contributed by atoms with E-state index < -0.39 is 0 Å². The highest BCUT2D eigenvalue weighted by molar-refractivity contribution is 7.25. The third-order valence-electron chi connectivity index (χ3n) is 10.4. The molecule has 0 amide bonds. The van der Waals surface area contributed by atoms with Crippen LogP contribution < -0.4 is 4.90 Å². The van der Waals surface area contributed by atoms with Crippen molar-refractivity contribution in [3.63, 3.8) is 0 Å². The van der Waals surface area contributed by atoms with Gasteiger partial charge in [0, 0.05) is 42.5 Å². The standard InChI is InChI=1S/C48H29NOS/c1-3-13-35-30(10-1)12-9-17-37(35)40-26-27-43(47-41-16-5-7-18-44(41)50-48(40)47)49(34-24-25-39-38-15-6-8-19-45(38)51-46(39)29-34)33-23-22-32-21-20-31-11-2-4-14-36(31)42(32)28-33/h1-29H.